The van der Waals surface area contributed by atoms with Crippen molar-refractivity contribution < 1.29 is 23.9 Å². The molecule has 0 unspecified atom stereocenters. The first-order valence-corrected chi connectivity index (χ1v) is 9.47. The van der Waals surface area contributed by atoms with Crippen LogP contribution in [0.1, 0.15) is 18.7 Å². The van der Waals surface area contributed by atoms with Crippen molar-refractivity contribution in [2.24, 2.45) is 5.92 Å². The number of nitrogen functional groups attached to an aromatic ring is 1. The van der Waals surface area contributed by atoms with E-state index in [-0.39, 0.29) is 37.2 Å². The summed E-state index contributed by atoms with van der Waals surface area (Å²) >= 11 is 0. The molecule has 1 aliphatic heterocycles. The predicted octanol–water partition coefficient (Wildman–Crippen LogP) is 1.61. The highest BCUT2D eigenvalue weighted by Crippen LogP contribution is 2.39. The number of nitrogens with two attached hydrogens (primary N) is 1. The molecule has 0 amide bonds. The Morgan fingerprint density at radius 1 is 1.29 bits per heavy atom. The Kier molecular flexibility index (Phi) is 5.73. The summed E-state index contributed by atoms with van der Waals surface area (Å²) < 4.78 is 18.5. The number of imidazole rings is 1. The highest BCUT2D eigenvalue weighted by Gasteiger charge is 2.45. The van der Waals surface area contributed by atoms with E-state index in [1.54, 1.807) is 29.1 Å². The summed E-state index contributed by atoms with van der Waals surface area (Å²) in [6.07, 6.45) is 2.00. The zero-order valence-corrected chi connectivity index (χ0v) is 16.6. The maximum absolute atomic E-state index is 11.2. The number of hydrogen-bond acceptors (Lipinski definition) is 10. The number of rotatable bonds is 8. The molecule has 1 aliphatic rings. The van der Waals surface area contributed by atoms with Crippen LogP contribution in [-0.2, 0) is 25.6 Å². The lowest BCUT2D eigenvalue weighted by Crippen LogP contribution is -2.50. The first-order chi connectivity index (χ1) is 15.0. The standard InChI is InChI=1S/C19H20N6O6/c1-11(26)30-8-15-13(7-29-6-12-4-2-3-5-14(12)25(27)28)19(31-15)24-10-23-16-17(20)21-9-22-18(16)24/h2-5,9-10,13,15,19H,6-8H2,1H3,(H2,20,21,22)/t13-,15-,19-/m1/s1. The van der Waals surface area contributed by atoms with Gasteiger partial charge in [0.05, 0.1) is 35.9 Å². The van der Waals surface area contributed by atoms with Crippen molar-refractivity contribution in [3.05, 3.63) is 52.6 Å². The molecule has 2 N–H and O–H groups in total. The molecule has 1 fully saturated rings. The number of carbonyl (C=O) groups excluding carboxylic acids is 1. The van der Waals surface area contributed by atoms with Crippen LogP contribution in [0, 0.1) is 16.0 Å². The average molecular weight is 428 g/mol. The maximum Gasteiger partial charge on any atom is 0.302 e. The van der Waals surface area contributed by atoms with Gasteiger partial charge in [-0.25, -0.2) is 15.0 Å². The molecule has 31 heavy (non-hydrogen) atoms. The van der Waals surface area contributed by atoms with E-state index < -0.39 is 23.2 Å². The number of ether oxygens (including phenoxy) is 3. The van der Waals surface area contributed by atoms with Crippen molar-refractivity contribution in [3.63, 3.8) is 0 Å². The Bertz CT molecular complexity index is 1120. The van der Waals surface area contributed by atoms with Gasteiger partial charge in [-0.05, 0) is 6.07 Å². The van der Waals surface area contributed by atoms with Crippen molar-refractivity contribution in [2.45, 2.75) is 25.9 Å². The number of nitro groups is 1. The van der Waals surface area contributed by atoms with E-state index in [2.05, 4.69) is 15.0 Å². The van der Waals surface area contributed by atoms with Crippen molar-refractivity contribution >= 4 is 28.6 Å². The molecule has 0 spiro atoms. The Balaban J connectivity index is 1.50. The molecule has 0 saturated carbocycles. The number of carbonyl (C=O) groups is 1. The number of esters is 1. The van der Waals surface area contributed by atoms with Crippen LogP contribution in [0.3, 0.4) is 0 Å². The molecule has 1 saturated heterocycles. The van der Waals surface area contributed by atoms with Crippen LogP contribution in [-0.4, -0.2) is 49.7 Å². The third-order valence-electron chi connectivity index (χ3n) is 5.03. The predicted molar refractivity (Wildman–Crippen MR) is 107 cm³/mol. The van der Waals surface area contributed by atoms with Gasteiger partial charge in [0.15, 0.2) is 11.5 Å². The average Bonchev–Trinajstić information content (AvgIpc) is 3.15. The third kappa shape index (κ3) is 4.15. The first-order valence-electron chi connectivity index (χ1n) is 9.47. The molecule has 12 heteroatoms. The molecule has 3 atom stereocenters. The molecule has 12 nitrogen and oxygen atoms in total. The van der Waals surface area contributed by atoms with Crippen LogP contribution in [0.4, 0.5) is 11.5 Å². The number of nitro benzene ring substituents is 1. The van der Waals surface area contributed by atoms with E-state index in [0.717, 1.165) is 0 Å². The summed E-state index contributed by atoms with van der Waals surface area (Å²) in [6.45, 7) is 1.65. The van der Waals surface area contributed by atoms with Crippen molar-refractivity contribution in [2.75, 3.05) is 18.9 Å². The van der Waals surface area contributed by atoms with E-state index >= 15 is 0 Å². The summed E-state index contributed by atoms with van der Waals surface area (Å²) in [5.74, 6) is -0.375. The molecule has 0 radical (unpaired) electrons. The van der Waals surface area contributed by atoms with Gasteiger partial charge in [0.1, 0.15) is 30.8 Å². The van der Waals surface area contributed by atoms with Gasteiger partial charge < -0.3 is 19.9 Å². The van der Waals surface area contributed by atoms with Crippen LogP contribution in [0.2, 0.25) is 0 Å². The summed E-state index contributed by atoms with van der Waals surface area (Å²) in [7, 11) is 0. The second-order valence-corrected chi connectivity index (χ2v) is 7.02. The minimum atomic E-state index is -0.481. The molecule has 2 aromatic heterocycles. The SMILES string of the molecule is CC(=O)OC[C@H]1O[C@@H](n2cnc3c(N)ncnc32)[C@@H]1COCc1ccccc1[N+](=O)[O-]. The Morgan fingerprint density at radius 2 is 2.10 bits per heavy atom. The van der Waals surface area contributed by atoms with Gasteiger partial charge in [-0.3, -0.25) is 19.5 Å². The van der Waals surface area contributed by atoms with Gasteiger partial charge in [0.25, 0.3) is 5.69 Å². The quantitative estimate of drug-likeness (QED) is 0.317. The fraction of sp³-hybridized carbons (Fsp3) is 0.368. The number of benzene rings is 1. The molecule has 1 aromatic carbocycles. The molecular formula is C19H20N6O6. The number of fused-ring (bicyclic) bond motifs is 1. The minimum Gasteiger partial charge on any atom is -0.463 e. The van der Waals surface area contributed by atoms with Gasteiger partial charge >= 0.3 is 5.97 Å². The molecule has 0 bridgehead atoms. The van der Waals surface area contributed by atoms with E-state index in [9.17, 15) is 14.9 Å². The fourth-order valence-electron chi connectivity index (χ4n) is 3.47. The zero-order chi connectivity index (χ0) is 22.0. The summed E-state index contributed by atoms with van der Waals surface area (Å²) in [4.78, 5) is 34.3. The van der Waals surface area contributed by atoms with E-state index in [1.807, 2.05) is 0 Å². The second kappa shape index (κ2) is 8.62. The number of hydrogen-bond donors (Lipinski definition) is 1. The van der Waals surface area contributed by atoms with Crippen LogP contribution < -0.4 is 5.73 Å². The molecule has 162 valence electrons. The van der Waals surface area contributed by atoms with Crippen molar-refractivity contribution in [1.29, 1.82) is 0 Å². The molecular weight excluding hydrogens is 408 g/mol. The Hall–Kier alpha value is -3.64. The van der Waals surface area contributed by atoms with Gasteiger partial charge in [-0.15, -0.1) is 0 Å². The molecule has 4 rings (SSSR count). The lowest BCUT2D eigenvalue weighted by Gasteiger charge is -2.44. The van der Waals surface area contributed by atoms with Crippen molar-refractivity contribution in [3.8, 4) is 0 Å². The van der Waals surface area contributed by atoms with Crippen LogP contribution in [0.25, 0.3) is 11.2 Å². The van der Waals surface area contributed by atoms with E-state index in [0.29, 0.717) is 16.7 Å². The summed E-state index contributed by atoms with van der Waals surface area (Å²) in [5, 5.41) is 11.2. The molecule has 3 heterocycles. The molecule has 0 aliphatic carbocycles. The van der Waals surface area contributed by atoms with Crippen LogP contribution in [0.15, 0.2) is 36.9 Å². The topological polar surface area (TPSA) is 158 Å². The Morgan fingerprint density at radius 3 is 2.87 bits per heavy atom. The largest absolute Gasteiger partial charge is 0.463 e. The first kappa shape index (κ1) is 20.6. The number of anilines is 1. The van der Waals surface area contributed by atoms with Crippen LogP contribution in [0.5, 0.6) is 0 Å². The lowest BCUT2D eigenvalue weighted by molar-refractivity contribution is -0.386. The Labute approximate surface area is 176 Å². The normalized spacial score (nSPS) is 20.4. The molecule has 3 aromatic rings. The smallest absolute Gasteiger partial charge is 0.302 e. The summed E-state index contributed by atoms with van der Waals surface area (Å²) in [5.41, 5.74) is 7.27. The third-order valence-corrected chi connectivity index (χ3v) is 5.03. The monoisotopic (exact) mass is 428 g/mol. The highest BCUT2D eigenvalue weighted by molar-refractivity contribution is 5.81. The summed E-state index contributed by atoms with van der Waals surface area (Å²) in [6, 6.07) is 6.39. The number of nitrogens with zero attached hydrogens (tertiary/aromatic N) is 5. The van der Waals surface area contributed by atoms with E-state index in [4.69, 9.17) is 19.9 Å². The van der Waals surface area contributed by atoms with Crippen LogP contribution >= 0.6 is 0 Å². The van der Waals surface area contributed by atoms with E-state index in [1.165, 1.54) is 19.3 Å². The lowest BCUT2D eigenvalue weighted by atomic mass is 9.95. The minimum absolute atomic E-state index is 0.00634. The number of para-hydroxylation sites is 1. The zero-order valence-electron chi connectivity index (χ0n) is 16.6. The maximum atomic E-state index is 11.2. The van der Waals surface area contributed by atoms with Gasteiger partial charge in [-0.1, -0.05) is 12.1 Å². The highest BCUT2D eigenvalue weighted by atomic mass is 16.6. The second-order valence-electron chi connectivity index (χ2n) is 7.02. The van der Waals surface area contributed by atoms with Gasteiger partial charge in [0, 0.05) is 13.0 Å². The van der Waals surface area contributed by atoms with Crippen molar-refractivity contribution in [1.82, 2.24) is 19.5 Å². The number of aromatic nitrogens is 4. The fourth-order valence-corrected chi connectivity index (χ4v) is 3.47. The van der Waals surface area contributed by atoms with Gasteiger partial charge in [0.2, 0.25) is 0 Å². The van der Waals surface area contributed by atoms with Gasteiger partial charge in [-0.2, -0.15) is 0 Å².